The van der Waals surface area contributed by atoms with E-state index < -0.39 is 5.41 Å². The number of nitrogens with one attached hydrogen (secondary N) is 2. The van der Waals surface area contributed by atoms with E-state index in [4.69, 9.17) is 4.74 Å². The van der Waals surface area contributed by atoms with Gasteiger partial charge >= 0.3 is 0 Å². The van der Waals surface area contributed by atoms with E-state index >= 15 is 0 Å². The van der Waals surface area contributed by atoms with Gasteiger partial charge < -0.3 is 15.0 Å². The Morgan fingerprint density at radius 2 is 2.03 bits per heavy atom. The van der Waals surface area contributed by atoms with Gasteiger partial charge in [0.1, 0.15) is 11.6 Å². The van der Waals surface area contributed by atoms with Crippen molar-refractivity contribution >= 4 is 11.7 Å². The van der Waals surface area contributed by atoms with E-state index in [9.17, 15) is 9.59 Å². The highest BCUT2D eigenvalue weighted by atomic mass is 16.5. The molecule has 5 rings (SSSR count). The van der Waals surface area contributed by atoms with Crippen LogP contribution in [0.1, 0.15) is 35.1 Å². The number of carbonyl (C=O) groups is 1. The predicted molar refractivity (Wildman–Crippen MR) is 115 cm³/mol. The van der Waals surface area contributed by atoms with Crippen molar-refractivity contribution in [3.05, 3.63) is 75.2 Å². The van der Waals surface area contributed by atoms with Crippen LogP contribution in [0.15, 0.2) is 47.4 Å². The second-order valence-electron chi connectivity index (χ2n) is 8.17. The van der Waals surface area contributed by atoms with Crippen molar-refractivity contribution in [1.29, 1.82) is 0 Å². The van der Waals surface area contributed by atoms with Gasteiger partial charge in [-0.05, 0) is 73.2 Å². The van der Waals surface area contributed by atoms with Gasteiger partial charge in [0.15, 0.2) is 0 Å². The van der Waals surface area contributed by atoms with E-state index in [-0.39, 0.29) is 11.5 Å². The first-order valence-electron chi connectivity index (χ1n) is 10.2. The Morgan fingerprint density at radius 1 is 1.20 bits per heavy atom. The lowest BCUT2D eigenvalue weighted by Crippen LogP contribution is -2.28. The van der Waals surface area contributed by atoms with E-state index in [0.717, 1.165) is 41.7 Å². The van der Waals surface area contributed by atoms with Crippen molar-refractivity contribution in [2.24, 2.45) is 0 Å². The minimum atomic E-state index is -0.511. The Morgan fingerprint density at radius 3 is 2.80 bits per heavy atom. The molecule has 0 spiro atoms. The maximum Gasteiger partial charge on any atom is 0.257 e. The van der Waals surface area contributed by atoms with E-state index in [0.29, 0.717) is 23.7 Å². The lowest BCUT2D eigenvalue weighted by Gasteiger charge is -2.18. The van der Waals surface area contributed by atoms with Crippen molar-refractivity contribution in [2.75, 3.05) is 11.9 Å². The van der Waals surface area contributed by atoms with Crippen LogP contribution in [0.3, 0.4) is 0 Å². The third-order valence-corrected chi connectivity index (χ3v) is 6.27. The van der Waals surface area contributed by atoms with Gasteiger partial charge in [-0.1, -0.05) is 12.1 Å². The second kappa shape index (κ2) is 6.83. The molecule has 2 aromatic heterocycles. The van der Waals surface area contributed by atoms with E-state index in [2.05, 4.69) is 21.4 Å². The molecule has 0 radical (unpaired) electrons. The first-order valence-corrected chi connectivity index (χ1v) is 10.2. The SMILES string of the molecule is Cc1cc(NC(=O)C2(c3ccc4c(c3)CCO4)CC2)nc(-c2ccc[nH]c2=O)c1C. The summed E-state index contributed by atoms with van der Waals surface area (Å²) < 4.78 is 5.59. The molecule has 3 heterocycles. The quantitative estimate of drug-likeness (QED) is 0.699. The van der Waals surface area contributed by atoms with Crippen LogP contribution in [-0.2, 0) is 16.6 Å². The molecule has 1 aliphatic heterocycles. The van der Waals surface area contributed by atoms with Gasteiger partial charge in [0.25, 0.3) is 5.56 Å². The largest absolute Gasteiger partial charge is 0.493 e. The van der Waals surface area contributed by atoms with Gasteiger partial charge in [-0.15, -0.1) is 0 Å². The number of hydrogen-bond donors (Lipinski definition) is 2. The standard InChI is InChI=1S/C24H23N3O3/c1-14-12-20(26-21(15(14)2)18-4-3-10-25-22(18)28)27-23(29)24(8-9-24)17-5-6-19-16(13-17)7-11-30-19/h3-6,10,12-13H,7-9,11H2,1-2H3,(H,25,28)(H,26,27,29). The van der Waals surface area contributed by atoms with Gasteiger partial charge in [-0.25, -0.2) is 4.98 Å². The molecular formula is C24H23N3O3. The number of aromatic amines is 1. The van der Waals surface area contributed by atoms with Crippen LogP contribution >= 0.6 is 0 Å². The molecule has 0 unspecified atom stereocenters. The van der Waals surface area contributed by atoms with Gasteiger partial charge in [-0.3, -0.25) is 9.59 Å². The number of anilines is 1. The highest BCUT2D eigenvalue weighted by molar-refractivity contribution is 6.01. The number of hydrogen-bond acceptors (Lipinski definition) is 4. The van der Waals surface area contributed by atoms with Crippen molar-refractivity contribution in [1.82, 2.24) is 9.97 Å². The van der Waals surface area contributed by atoms with E-state index in [1.54, 1.807) is 18.3 Å². The number of aryl methyl sites for hydroxylation is 1. The summed E-state index contributed by atoms with van der Waals surface area (Å²) in [5, 5.41) is 3.02. The fourth-order valence-corrected chi connectivity index (χ4v) is 4.16. The minimum Gasteiger partial charge on any atom is -0.493 e. The zero-order chi connectivity index (χ0) is 20.9. The van der Waals surface area contributed by atoms with Crippen LogP contribution in [-0.4, -0.2) is 22.5 Å². The Kier molecular flexibility index (Phi) is 4.24. The molecular weight excluding hydrogens is 378 g/mol. The lowest BCUT2D eigenvalue weighted by atomic mass is 9.92. The third-order valence-electron chi connectivity index (χ3n) is 6.27. The van der Waals surface area contributed by atoms with Crippen LogP contribution < -0.4 is 15.6 Å². The molecule has 1 amide bonds. The van der Waals surface area contributed by atoms with E-state index in [1.165, 1.54) is 5.56 Å². The molecule has 0 atom stereocenters. The zero-order valence-corrected chi connectivity index (χ0v) is 17.0. The monoisotopic (exact) mass is 401 g/mol. The molecule has 30 heavy (non-hydrogen) atoms. The Bertz CT molecular complexity index is 1220. The maximum absolute atomic E-state index is 13.3. The third kappa shape index (κ3) is 3.00. The molecule has 2 N–H and O–H groups in total. The lowest BCUT2D eigenvalue weighted by molar-refractivity contribution is -0.118. The molecule has 1 aromatic carbocycles. The number of aromatic nitrogens is 2. The zero-order valence-electron chi connectivity index (χ0n) is 17.0. The summed E-state index contributed by atoms with van der Waals surface area (Å²) in [6.07, 6.45) is 4.11. The van der Waals surface area contributed by atoms with Crippen LogP contribution in [0.5, 0.6) is 5.75 Å². The fourth-order valence-electron chi connectivity index (χ4n) is 4.16. The number of rotatable bonds is 4. The van der Waals surface area contributed by atoms with Crippen LogP contribution in [0.2, 0.25) is 0 Å². The molecule has 0 bridgehead atoms. The second-order valence-corrected chi connectivity index (χ2v) is 8.17. The summed E-state index contributed by atoms with van der Waals surface area (Å²) in [7, 11) is 0. The highest BCUT2D eigenvalue weighted by Gasteiger charge is 2.51. The predicted octanol–water partition coefficient (Wildman–Crippen LogP) is 3.66. The van der Waals surface area contributed by atoms with Gasteiger partial charge in [0, 0.05) is 12.6 Å². The van der Waals surface area contributed by atoms with Crippen LogP contribution in [0.4, 0.5) is 5.82 Å². The van der Waals surface area contributed by atoms with Gasteiger partial charge in [-0.2, -0.15) is 0 Å². The fraction of sp³-hybridized carbons (Fsp3) is 0.292. The van der Waals surface area contributed by atoms with Gasteiger partial charge in [0.05, 0.1) is 23.3 Å². The molecule has 0 saturated heterocycles. The number of pyridine rings is 2. The normalized spacial score (nSPS) is 15.9. The molecule has 1 saturated carbocycles. The molecule has 6 heteroatoms. The van der Waals surface area contributed by atoms with Crippen molar-refractivity contribution in [3.63, 3.8) is 0 Å². The number of benzene rings is 1. The Labute approximate surface area is 174 Å². The summed E-state index contributed by atoms with van der Waals surface area (Å²) in [5.41, 5.74) is 4.47. The first-order chi connectivity index (χ1) is 14.5. The Hall–Kier alpha value is -3.41. The molecule has 2 aliphatic rings. The number of amides is 1. The number of ether oxygens (including phenoxy) is 1. The smallest absolute Gasteiger partial charge is 0.257 e. The number of fused-ring (bicyclic) bond motifs is 1. The average Bonchev–Trinajstić information content (AvgIpc) is 3.42. The highest BCUT2D eigenvalue weighted by Crippen LogP contribution is 2.50. The number of carbonyl (C=O) groups excluding carboxylic acids is 1. The summed E-state index contributed by atoms with van der Waals surface area (Å²) in [6.45, 7) is 4.59. The number of H-pyrrole nitrogens is 1. The van der Waals surface area contributed by atoms with Crippen LogP contribution in [0, 0.1) is 13.8 Å². The molecule has 6 nitrogen and oxygen atoms in total. The van der Waals surface area contributed by atoms with Gasteiger partial charge in [0.2, 0.25) is 5.91 Å². The summed E-state index contributed by atoms with van der Waals surface area (Å²) in [5.74, 6) is 1.34. The molecule has 152 valence electrons. The van der Waals surface area contributed by atoms with Crippen molar-refractivity contribution in [2.45, 2.75) is 38.5 Å². The summed E-state index contributed by atoms with van der Waals surface area (Å²) in [4.78, 5) is 32.8. The first kappa shape index (κ1) is 18.6. The van der Waals surface area contributed by atoms with Crippen LogP contribution in [0.25, 0.3) is 11.3 Å². The van der Waals surface area contributed by atoms with Crippen molar-refractivity contribution in [3.8, 4) is 17.0 Å². The van der Waals surface area contributed by atoms with Crippen molar-refractivity contribution < 1.29 is 9.53 Å². The molecule has 1 aliphatic carbocycles. The molecule has 3 aromatic rings. The minimum absolute atomic E-state index is 0.0509. The molecule has 1 fully saturated rings. The van der Waals surface area contributed by atoms with E-state index in [1.807, 2.05) is 32.0 Å². The summed E-state index contributed by atoms with van der Waals surface area (Å²) >= 11 is 0. The average molecular weight is 401 g/mol. The maximum atomic E-state index is 13.3. The summed E-state index contributed by atoms with van der Waals surface area (Å²) in [6, 6.07) is 11.5. The number of nitrogens with zero attached hydrogens (tertiary/aromatic N) is 1. The Balaban J connectivity index is 1.47. The topological polar surface area (TPSA) is 84.1 Å².